The lowest BCUT2D eigenvalue weighted by Gasteiger charge is -2.13. The van der Waals surface area contributed by atoms with E-state index in [0.29, 0.717) is 23.4 Å². The molecule has 1 aromatic carbocycles. The van der Waals surface area contributed by atoms with Gasteiger partial charge in [-0.05, 0) is 40.5 Å². The summed E-state index contributed by atoms with van der Waals surface area (Å²) in [6.45, 7) is 2.69. The minimum absolute atomic E-state index is 0.0878. The Morgan fingerprint density at radius 1 is 1.53 bits per heavy atom. The minimum atomic E-state index is -0.249. The first-order valence-electron chi connectivity index (χ1n) is 4.71. The summed E-state index contributed by atoms with van der Waals surface area (Å²) in [6, 6.07) is 3.21. The number of benzene rings is 1. The van der Waals surface area contributed by atoms with Gasteiger partial charge in [0.25, 0.3) is 0 Å². The normalized spacial score (nSPS) is 12.5. The summed E-state index contributed by atoms with van der Waals surface area (Å²) in [5.74, 6) is 0.510. The van der Waals surface area contributed by atoms with Crippen LogP contribution in [-0.2, 0) is 0 Å². The second kappa shape index (κ2) is 5.34. The Balaban J connectivity index is 3.11. The lowest BCUT2D eigenvalue weighted by atomic mass is 10.1. The van der Waals surface area contributed by atoms with Gasteiger partial charge in [0, 0.05) is 12.6 Å². The molecular formula is C10H15BrN2O2. The average Bonchev–Trinajstić information content (AvgIpc) is 2.23. The van der Waals surface area contributed by atoms with E-state index >= 15 is 0 Å². The van der Waals surface area contributed by atoms with E-state index in [9.17, 15) is 5.11 Å². The SMILES string of the molecule is CCOc1cc([C@@H](N)CN)cc(Br)c1O. The van der Waals surface area contributed by atoms with Crippen molar-refractivity contribution >= 4 is 15.9 Å². The molecule has 0 radical (unpaired) electrons. The van der Waals surface area contributed by atoms with Gasteiger partial charge in [0.2, 0.25) is 0 Å². The van der Waals surface area contributed by atoms with Crippen molar-refractivity contribution in [3.63, 3.8) is 0 Å². The van der Waals surface area contributed by atoms with Gasteiger partial charge in [-0.3, -0.25) is 0 Å². The van der Waals surface area contributed by atoms with Crippen LogP contribution in [0.1, 0.15) is 18.5 Å². The molecule has 0 aromatic heterocycles. The summed E-state index contributed by atoms with van der Waals surface area (Å²) >= 11 is 3.24. The highest BCUT2D eigenvalue weighted by Gasteiger charge is 2.12. The lowest BCUT2D eigenvalue weighted by molar-refractivity contribution is 0.316. The third-order valence-corrected chi connectivity index (χ3v) is 2.64. The number of rotatable bonds is 4. The van der Waals surface area contributed by atoms with Crippen molar-refractivity contribution in [1.82, 2.24) is 0 Å². The van der Waals surface area contributed by atoms with Gasteiger partial charge in [0.05, 0.1) is 11.1 Å². The Hall–Kier alpha value is -0.780. The molecule has 1 aromatic rings. The molecule has 1 atom stereocenters. The van der Waals surface area contributed by atoms with E-state index in [0.717, 1.165) is 5.56 Å². The molecule has 0 saturated carbocycles. The van der Waals surface area contributed by atoms with Gasteiger partial charge in [0.15, 0.2) is 11.5 Å². The highest BCUT2D eigenvalue weighted by atomic mass is 79.9. The van der Waals surface area contributed by atoms with Crippen molar-refractivity contribution in [3.05, 3.63) is 22.2 Å². The van der Waals surface area contributed by atoms with E-state index in [1.807, 2.05) is 6.92 Å². The second-order valence-corrected chi connectivity index (χ2v) is 3.98. The van der Waals surface area contributed by atoms with Crippen LogP contribution in [0.25, 0.3) is 0 Å². The Morgan fingerprint density at radius 3 is 2.73 bits per heavy atom. The summed E-state index contributed by atoms with van der Waals surface area (Å²) in [5.41, 5.74) is 12.1. The number of nitrogens with two attached hydrogens (primary N) is 2. The molecule has 0 saturated heterocycles. The van der Waals surface area contributed by atoms with Crippen LogP contribution >= 0.6 is 15.9 Å². The van der Waals surface area contributed by atoms with Crippen molar-refractivity contribution in [2.24, 2.45) is 11.5 Å². The number of hydrogen-bond donors (Lipinski definition) is 3. The maximum Gasteiger partial charge on any atom is 0.172 e. The van der Waals surface area contributed by atoms with E-state index < -0.39 is 0 Å². The van der Waals surface area contributed by atoms with Gasteiger partial charge >= 0.3 is 0 Å². The number of hydrogen-bond acceptors (Lipinski definition) is 4. The van der Waals surface area contributed by atoms with Crippen molar-refractivity contribution in [2.75, 3.05) is 13.2 Å². The fraction of sp³-hybridized carbons (Fsp3) is 0.400. The number of phenols is 1. The lowest BCUT2D eigenvalue weighted by Crippen LogP contribution is -2.20. The molecule has 0 fully saturated rings. The molecule has 0 bridgehead atoms. The molecule has 84 valence electrons. The van der Waals surface area contributed by atoms with E-state index in [1.165, 1.54) is 0 Å². The first-order valence-corrected chi connectivity index (χ1v) is 5.50. The zero-order valence-corrected chi connectivity index (χ0v) is 10.1. The average molecular weight is 275 g/mol. The van der Waals surface area contributed by atoms with Crippen molar-refractivity contribution in [3.8, 4) is 11.5 Å². The summed E-state index contributed by atoms with van der Waals surface area (Å²) in [7, 11) is 0. The van der Waals surface area contributed by atoms with Gasteiger partial charge in [-0.15, -0.1) is 0 Å². The zero-order chi connectivity index (χ0) is 11.4. The summed E-state index contributed by atoms with van der Waals surface area (Å²) in [6.07, 6.45) is 0. The summed E-state index contributed by atoms with van der Waals surface area (Å²) in [5, 5.41) is 9.66. The zero-order valence-electron chi connectivity index (χ0n) is 8.53. The molecule has 15 heavy (non-hydrogen) atoms. The maximum absolute atomic E-state index is 9.66. The molecule has 0 amide bonds. The predicted octanol–water partition coefficient (Wildman–Crippen LogP) is 1.51. The number of halogens is 1. The Labute approximate surface area is 97.3 Å². The quantitative estimate of drug-likeness (QED) is 0.778. The molecule has 0 aliphatic carbocycles. The number of ether oxygens (including phenoxy) is 1. The van der Waals surface area contributed by atoms with Crippen LogP contribution in [0.4, 0.5) is 0 Å². The minimum Gasteiger partial charge on any atom is -0.503 e. The molecule has 5 N–H and O–H groups in total. The highest BCUT2D eigenvalue weighted by Crippen LogP contribution is 2.36. The summed E-state index contributed by atoms with van der Waals surface area (Å²) < 4.78 is 5.84. The third-order valence-electron chi connectivity index (χ3n) is 2.03. The van der Waals surface area contributed by atoms with Gasteiger partial charge in [-0.1, -0.05) is 0 Å². The van der Waals surface area contributed by atoms with Crippen molar-refractivity contribution in [1.29, 1.82) is 0 Å². The fourth-order valence-corrected chi connectivity index (χ4v) is 1.67. The van der Waals surface area contributed by atoms with E-state index in [4.69, 9.17) is 16.2 Å². The maximum atomic E-state index is 9.66. The van der Waals surface area contributed by atoms with Crippen LogP contribution in [0.15, 0.2) is 16.6 Å². The molecule has 0 aliphatic rings. The molecule has 0 heterocycles. The molecule has 1 rings (SSSR count). The van der Waals surface area contributed by atoms with Crippen molar-refractivity contribution in [2.45, 2.75) is 13.0 Å². The smallest absolute Gasteiger partial charge is 0.172 e. The molecule has 0 aliphatic heterocycles. The van der Waals surface area contributed by atoms with Gasteiger partial charge in [-0.25, -0.2) is 0 Å². The summed E-state index contributed by atoms with van der Waals surface area (Å²) in [4.78, 5) is 0. The predicted molar refractivity (Wildman–Crippen MR) is 63.0 cm³/mol. The molecule has 5 heteroatoms. The van der Waals surface area contributed by atoms with Crippen LogP contribution < -0.4 is 16.2 Å². The van der Waals surface area contributed by atoms with Crippen LogP contribution in [0.3, 0.4) is 0 Å². The Morgan fingerprint density at radius 2 is 2.20 bits per heavy atom. The van der Waals surface area contributed by atoms with E-state index in [-0.39, 0.29) is 11.8 Å². The van der Waals surface area contributed by atoms with Crippen LogP contribution in [0.5, 0.6) is 11.5 Å². The van der Waals surface area contributed by atoms with Crippen LogP contribution in [0.2, 0.25) is 0 Å². The van der Waals surface area contributed by atoms with Gasteiger partial charge < -0.3 is 21.3 Å². The van der Waals surface area contributed by atoms with Gasteiger partial charge in [0.1, 0.15) is 0 Å². The van der Waals surface area contributed by atoms with Gasteiger partial charge in [-0.2, -0.15) is 0 Å². The number of phenolic OH excluding ortho intramolecular Hbond substituents is 1. The molecular weight excluding hydrogens is 260 g/mol. The second-order valence-electron chi connectivity index (χ2n) is 3.12. The van der Waals surface area contributed by atoms with Crippen LogP contribution in [-0.4, -0.2) is 18.3 Å². The fourth-order valence-electron chi connectivity index (χ4n) is 1.21. The van der Waals surface area contributed by atoms with Crippen LogP contribution in [0, 0.1) is 0 Å². The molecule has 4 nitrogen and oxygen atoms in total. The Bertz CT molecular complexity index is 344. The monoisotopic (exact) mass is 274 g/mol. The van der Waals surface area contributed by atoms with E-state index in [2.05, 4.69) is 15.9 Å². The Kier molecular flexibility index (Phi) is 4.38. The van der Waals surface area contributed by atoms with E-state index in [1.54, 1.807) is 12.1 Å². The first kappa shape index (κ1) is 12.3. The first-order chi connectivity index (χ1) is 7.10. The topological polar surface area (TPSA) is 81.5 Å². The largest absolute Gasteiger partial charge is 0.503 e. The highest BCUT2D eigenvalue weighted by molar-refractivity contribution is 9.10. The molecule has 0 unspecified atom stereocenters. The number of aromatic hydroxyl groups is 1. The molecule has 0 spiro atoms. The third kappa shape index (κ3) is 2.84. The standard InChI is InChI=1S/C10H15BrN2O2/c1-2-15-9-4-6(8(13)5-12)3-7(11)10(9)14/h3-4,8,14H,2,5,12-13H2,1H3/t8-/m0/s1. The van der Waals surface area contributed by atoms with Crippen molar-refractivity contribution < 1.29 is 9.84 Å².